The third-order valence-corrected chi connectivity index (χ3v) is 2.80. The summed E-state index contributed by atoms with van der Waals surface area (Å²) >= 11 is 0. The van der Waals surface area contributed by atoms with Crippen LogP contribution in [0.25, 0.3) is 10.9 Å². The quantitative estimate of drug-likeness (QED) is 0.610. The number of ketones is 1. The first-order chi connectivity index (χ1) is 9.18. The van der Waals surface area contributed by atoms with E-state index in [4.69, 9.17) is 5.11 Å². The largest absolute Gasteiger partial charge is 0.477 e. The van der Waals surface area contributed by atoms with Gasteiger partial charge in [-0.3, -0.25) is 9.78 Å². The van der Waals surface area contributed by atoms with Crippen LogP contribution >= 0.6 is 0 Å². The molecule has 0 aromatic carbocycles. The van der Waals surface area contributed by atoms with Crippen molar-refractivity contribution in [1.82, 2.24) is 19.9 Å². The SMILES string of the molecule is O=C(O)c1[nH]cnc1C(=O)c1c[nH]c2ccncc12. The van der Waals surface area contributed by atoms with Crippen LogP contribution in [0.1, 0.15) is 26.5 Å². The molecule has 0 aliphatic heterocycles. The second-order valence-electron chi connectivity index (χ2n) is 3.88. The molecule has 3 heterocycles. The van der Waals surface area contributed by atoms with Gasteiger partial charge in [0.1, 0.15) is 5.69 Å². The molecular weight excluding hydrogens is 248 g/mol. The standard InChI is InChI=1S/C12H8N4O3/c17-11(9-10(12(18)19)16-5-15-9)7-4-14-8-1-2-13-3-6(7)8/h1-5,14H,(H,15,16)(H,18,19). The number of fused-ring (bicyclic) bond motifs is 1. The summed E-state index contributed by atoms with van der Waals surface area (Å²) in [6, 6.07) is 1.73. The van der Waals surface area contributed by atoms with Crippen molar-refractivity contribution in [2.24, 2.45) is 0 Å². The molecule has 3 aromatic rings. The average molecular weight is 256 g/mol. The summed E-state index contributed by atoms with van der Waals surface area (Å²) in [4.78, 5) is 36.4. The maximum absolute atomic E-state index is 12.3. The van der Waals surface area contributed by atoms with Crippen molar-refractivity contribution in [2.75, 3.05) is 0 Å². The Morgan fingerprint density at radius 3 is 2.89 bits per heavy atom. The van der Waals surface area contributed by atoms with Crippen molar-refractivity contribution < 1.29 is 14.7 Å². The number of hydrogen-bond acceptors (Lipinski definition) is 4. The highest BCUT2D eigenvalue weighted by atomic mass is 16.4. The number of carboxylic acids is 1. The van der Waals surface area contributed by atoms with Crippen LogP contribution in [0.5, 0.6) is 0 Å². The Bertz CT molecular complexity index is 787. The van der Waals surface area contributed by atoms with Crippen LogP contribution in [0.15, 0.2) is 31.0 Å². The Labute approximate surface area is 106 Å². The lowest BCUT2D eigenvalue weighted by atomic mass is 10.1. The Balaban J connectivity index is 2.14. The molecule has 0 bridgehead atoms. The number of H-pyrrole nitrogens is 2. The number of nitrogens with zero attached hydrogens (tertiary/aromatic N) is 2. The Morgan fingerprint density at radius 1 is 1.26 bits per heavy atom. The summed E-state index contributed by atoms with van der Waals surface area (Å²) in [5.41, 5.74) is 0.768. The van der Waals surface area contributed by atoms with Gasteiger partial charge in [-0.25, -0.2) is 9.78 Å². The number of aromatic nitrogens is 4. The smallest absolute Gasteiger partial charge is 0.354 e. The molecule has 3 rings (SSSR count). The lowest BCUT2D eigenvalue weighted by Gasteiger charge is -1.97. The van der Waals surface area contributed by atoms with Gasteiger partial charge in [-0.2, -0.15) is 0 Å². The number of nitrogens with one attached hydrogen (secondary N) is 2. The van der Waals surface area contributed by atoms with Gasteiger partial charge in [0, 0.05) is 29.5 Å². The van der Waals surface area contributed by atoms with E-state index in [2.05, 4.69) is 19.9 Å². The first kappa shape index (κ1) is 11.1. The minimum absolute atomic E-state index is 0.114. The van der Waals surface area contributed by atoms with Crippen molar-refractivity contribution >= 4 is 22.7 Å². The normalized spacial score (nSPS) is 10.7. The molecule has 0 radical (unpaired) electrons. The zero-order valence-electron chi connectivity index (χ0n) is 9.54. The van der Waals surface area contributed by atoms with Crippen molar-refractivity contribution in [3.8, 4) is 0 Å². The average Bonchev–Trinajstić information content (AvgIpc) is 3.05. The van der Waals surface area contributed by atoms with Crippen LogP contribution in [0.3, 0.4) is 0 Å². The van der Waals surface area contributed by atoms with Crippen molar-refractivity contribution in [3.63, 3.8) is 0 Å². The first-order valence-corrected chi connectivity index (χ1v) is 5.41. The molecule has 3 N–H and O–H groups in total. The van der Waals surface area contributed by atoms with Crippen molar-refractivity contribution in [1.29, 1.82) is 0 Å². The molecule has 3 aromatic heterocycles. The molecule has 19 heavy (non-hydrogen) atoms. The van der Waals surface area contributed by atoms with Crippen molar-refractivity contribution in [2.45, 2.75) is 0 Å². The van der Waals surface area contributed by atoms with E-state index >= 15 is 0 Å². The molecule has 0 saturated carbocycles. The maximum Gasteiger partial charge on any atom is 0.354 e. The number of imidazole rings is 1. The van der Waals surface area contributed by atoms with E-state index in [0.717, 1.165) is 5.52 Å². The molecular formula is C12H8N4O3. The van der Waals surface area contributed by atoms with Gasteiger partial charge in [0.05, 0.1) is 11.9 Å². The monoisotopic (exact) mass is 256 g/mol. The second kappa shape index (κ2) is 4.05. The van der Waals surface area contributed by atoms with E-state index in [9.17, 15) is 9.59 Å². The van der Waals surface area contributed by atoms with Crippen LogP contribution in [0.4, 0.5) is 0 Å². The highest BCUT2D eigenvalue weighted by Crippen LogP contribution is 2.20. The van der Waals surface area contributed by atoms with Crippen LogP contribution in [0, 0.1) is 0 Å². The fourth-order valence-electron chi connectivity index (χ4n) is 1.91. The van der Waals surface area contributed by atoms with Crippen LogP contribution in [-0.2, 0) is 0 Å². The van der Waals surface area contributed by atoms with Crippen LogP contribution in [-0.4, -0.2) is 36.8 Å². The fraction of sp³-hybridized carbons (Fsp3) is 0. The van der Waals surface area contributed by atoms with Gasteiger partial charge in [0.15, 0.2) is 5.69 Å². The lowest BCUT2D eigenvalue weighted by Crippen LogP contribution is -2.09. The molecule has 7 nitrogen and oxygen atoms in total. The summed E-state index contributed by atoms with van der Waals surface area (Å²) in [6.45, 7) is 0. The molecule has 0 amide bonds. The third-order valence-electron chi connectivity index (χ3n) is 2.80. The molecule has 0 fully saturated rings. The molecule has 94 valence electrons. The van der Waals surface area contributed by atoms with E-state index in [1.807, 2.05) is 0 Å². The number of hydrogen-bond donors (Lipinski definition) is 3. The number of aromatic amines is 2. The predicted octanol–water partition coefficient (Wildman–Crippen LogP) is 1.22. The van der Waals surface area contributed by atoms with Gasteiger partial charge >= 0.3 is 5.97 Å². The summed E-state index contributed by atoms with van der Waals surface area (Å²) in [5.74, 6) is -1.68. The predicted molar refractivity (Wildman–Crippen MR) is 65.1 cm³/mol. The molecule has 0 unspecified atom stereocenters. The highest BCUT2D eigenvalue weighted by Gasteiger charge is 2.23. The number of carbonyl (C=O) groups is 2. The summed E-state index contributed by atoms with van der Waals surface area (Å²) in [7, 11) is 0. The van der Waals surface area contributed by atoms with Gasteiger partial charge in [0.2, 0.25) is 5.78 Å². The van der Waals surface area contributed by atoms with Crippen molar-refractivity contribution in [3.05, 3.63) is 47.9 Å². The van der Waals surface area contributed by atoms with Crippen LogP contribution < -0.4 is 0 Å². The Morgan fingerprint density at radius 2 is 2.11 bits per heavy atom. The van der Waals surface area contributed by atoms with Crippen LogP contribution in [0.2, 0.25) is 0 Å². The van der Waals surface area contributed by atoms with E-state index in [-0.39, 0.29) is 11.4 Å². The first-order valence-electron chi connectivity index (χ1n) is 5.41. The third kappa shape index (κ3) is 1.68. The minimum atomic E-state index is -1.22. The van der Waals surface area contributed by atoms with E-state index in [0.29, 0.717) is 10.9 Å². The minimum Gasteiger partial charge on any atom is -0.477 e. The number of carbonyl (C=O) groups excluding carboxylic acids is 1. The number of pyridine rings is 1. The van der Waals surface area contributed by atoms with E-state index in [1.54, 1.807) is 18.5 Å². The molecule has 0 saturated heterocycles. The van der Waals surface area contributed by atoms with E-state index < -0.39 is 11.8 Å². The van der Waals surface area contributed by atoms with Gasteiger partial charge in [0.25, 0.3) is 0 Å². The summed E-state index contributed by atoms with van der Waals surface area (Å²) in [6.07, 6.45) is 5.86. The molecule has 0 atom stereocenters. The Hall–Kier alpha value is -2.96. The van der Waals surface area contributed by atoms with Gasteiger partial charge in [-0.1, -0.05) is 0 Å². The molecule has 0 spiro atoms. The fourth-order valence-corrected chi connectivity index (χ4v) is 1.91. The van der Waals surface area contributed by atoms with E-state index in [1.165, 1.54) is 12.5 Å². The van der Waals surface area contributed by atoms with Gasteiger partial charge in [-0.05, 0) is 6.07 Å². The van der Waals surface area contributed by atoms with Gasteiger partial charge < -0.3 is 15.1 Å². The molecule has 0 aliphatic carbocycles. The second-order valence-corrected chi connectivity index (χ2v) is 3.88. The topological polar surface area (TPSA) is 112 Å². The lowest BCUT2D eigenvalue weighted by molar-refractivity contribution is 0.0687. The number of aromatic carboxylic acids is 1. The zero-order valence-corrected chi connectivity index (χ0v) is 9.54. The molecule has 7 heteroatoms. The van der Waals surface area contributed by atoms with Gasteiger partial charge in [-0.15, -0.1) is 0 Å². The Kier molecular flexibility index (Phi) is 2.38. The number of rotatable bonds is 3. The molecule has 0 aliphatic rings. The summed E-state index contributed by atoms with van der Waals surface area (Å²) in [5, 5.41) is 9.60. The summed E-state index contributed by atoms with van der Waals surface area (Å²) < 4.78 is 0. The highest BCUT2D eigenvalue weighted by molar-refractivity contribution is 6.18. The zero-order chi connectivity index (χ0) is 13.4. The number of carboxylic acid groups (broad SMARTS) is 1. The maximum atomic E-state index is 12.3.